The Bertz CT molecular complexity index is 909. The smallest absolute Gasteiger partial charge is 0.348 e. The van der Waals surface area contributed by atoms with Crippen molar-refractivity contribution >= 4 is 11.6 Å². The lowest BCUT2D eigenvalue weighted by Crippen LogP contribution is -2.45. The minimum Gasteiger partial charge on any atom is -0.348 e. The van der Waals surface area contributed by atoms with E-state index in [9.17, 15) is 18.0 Å². The van der Waals surface area contributed by atoms with Crippen LogP contribution in [0.25, 0.3) is 0 Å². The summed E-state index contributed by atoms with van der Waals surface area (Å²) in [7, 11) is 0. The summed E-state index contributed by atoms with van der Waals surface area (Å²) in [5.74, 6) is -0.319. The Balaban J connectivity index is 1.76. The van der Waals surface area contributed by atoms with E-state index >= 15 is 0 Å². The summed E-state index contributed by atoms with van der Waals surface area (Å²) >= 11 is 0. The fourth-order valence-electron chi connectivity index (χ4n) is 3.77. The van der Waals surface area contributed by atoms with Crippen molar-refractivity contribution in [3.8, 4) is 0 Å². The lowest BCUT2D eigenvalue weighted by atomic mass is 9.80. The van der Waals surface area contributed by atoms with Crippen LogP contribution in [0.2, 0.25) is 0 Å². The van der Waals surface area contributed by atoms with Crippen LogP contribution in [-0.2, 0) is 15.7 Å². The average molecular weight is 421 g/mol. The summed E-state index contributed by atoms with van der Waals surface area (Å²) in [5, 5.41) is 2.65. The molecule has 7 heteroatoms. The molecule has 3 rings (SSSR count). The molecule has 0 aromatic heterocycles. The summed E-state index contributed by atoms with van der Waals surface area (Å²) in [6.45, 7) is 8.92. The van der Waals surface area contributed by atoms with Gasteiger partial charge in [-0.25, -0.2) is 0 Å². The van der Waals surface area contributed by atoms with Crippen LogP contribution in [0, 0.1) is 11.3 Å². The quantitative estimate of drug-likeness (QED) is 0.653. The van der Waals surface area contributed by atoms with Gasteiger partial charge in [0.25, 0.3) is 5.91 Å². The van der Waals surface area contributed by atoms with E-state index in [4.69, 9.17) is 9.47 Å². The number of alkyl halides is 3. The number of amides is 1. The lowest BCUT2D eigenvalue weighted by Gasteiger charge is -2.44. The Labute approximate surface area is 174 Å². The maximum Gasteiger partial charge on any atom is 0.416 e. The van der Waals surface area contributed by atoms with Crippen LogP contribution in [-0.4, -0.2) is 18.6 Å². The van der Waals surface area contributed by atoms with E-state index in [1.54, 1.807) is 18.2 Å². The van der Waals surface area contributed by atoms with Crippen molar-refractivity contribution < 1.29 is 27.4 Å². The van der Waals surface area contributed by atoms with Gasteiger partial charge >= 0.3 is 6.18 Å². The van der Waals surface area contributed by atoms with Crippen molar-refractivity contribution in [1.29, 1.82) is 0 Å². The molecule has 2 aromatic carbocycles. The van der Waals surface area contributed by atoms with E-state index in [1.807, 2.05) is 6.07 Å². The summed E-state index contributed by atoms with van der Waals surface area (Å²) in [4.78, 5) is 12.5. The molecule has 2 atom stereocenters. The zero-order valence-electron chi connectivity index (χ0n) is 17.4. The number of carbonyl (C=O) groups is 1. The molecule has 0 radical (unpaired) electrons. The van der Waals surface area contributed by atoms with Crippen molar-refractivity contribution in [2.45, 2.75) is 46.3 Å². The van der Waals surface area contributed by atoms with Crippen LogP contribution in [0.1, 0.15) is 55.5 Å². The van der Waals surface area contributed by atoms with Crippen LogP contribution in [0.4, 0.5) is 18.9 Å². The van der Waals surface area contributed by atoms with Gasteiger partial charge in [-0.05, 0) is 36.2 Å². The highest BCUT2D eigenvalue weighted by atomic mass is 19.4. The van der Waals surface area contributed by atoms with E-state index in [0.717, 1.165) is 17.7 Å². The fourth-order valence-corrected chi connectivity index (χ4v) is 3.77. The minimum absolute atomic E-state index is 0.000365. The van der Waals surface area contributed by atoms with Crippen molar-refractivity contribution in [2.75, 3.05) is 11.9 Å². The summed E-state index contributed by atoms with van der Waals surface area (Å²) in [6, 6.07) is 11.3. The maximum absolute atomic E-state index is 12.9. The number of hydrogen-bond donors (Lipinski definition) is 1. The second-order valence-electron chi connectivity index (χ2n) is 8.59. The third-order valence-corrected chi connectivity index (χ3v) is 5.12. The molecular weight excluding hydrogens is 395 g/mol. The molecule has 0 unspecified atom stereocenters. The normalized spacial score (nSPS) is 21.5. The van der Waals surface area contributed by atoms with Crippen molar-refractivity contribution in [3.05, 3.63) is 65.2 Å². The van der Waals surface area contributed by atoms with Gasteiger partial charge in [-0.1, -0.05) is 45.9 Å². The van der Waals surface area contributed by atoms with Crippen molar-refractivity contribution in [3.63, 3.8) is 0 Å². The first-order valence-electron chi connectivity index (χ1n) is 9.83. The van der Waals surface area contributed by atoms with Gasteiger partial charge in [0.05, 0.1) is 18.3 Å². The fraction of sp³-hybridized carbons (Fsp3) is 0.435. The second kappa shape index (κ2) is 8.40. The Kier molecular flexibility index (Phi) is 6.24. The third-order valence-electron chi connectivity index (χ3n) is 5.12. The second-order valence-corrected chi connectivity index (χ2v) is 8.59. The van der Waals surface area contributed by atoms with Gasteiger partial charge in [0.2, 0.25) is 0 Å². The van der Waals surface area contributed by atoms with Crippen LogP contribution in [0.15, 0.2) is 48.5 Å². The number of halogens is 3. The van der Waals surface area contributed by atoms with Crippen LogP contribution < -0.4 is 5.32 Å². The molecule has 1 saturated heterocycles. The molecular formula is C23H26F3NO3. The molecule has 30 heavy (non-hydrogen) atoms. The van der Waals surface area contributed by atoms with Crippen LogP contribution >= 0.6 is 0 Å². The van der Waals surface area contributed by atoms with Crippen LogP contribution in [0.5, 0.6) is 0 Å². The van der Waals surface area contributed by atoms with Gasteiger partial charge in [0, 0.05) is 22.2 Å². The van der Waals surface area contributed by atoms with E-state index < -0.39 is 23.9 Å². The first-order chi connectivity index (χ1) is 14.0. The van der Waals surface area contributed by atoms with Gasteiger partial charge in [0.1, 0.15) is 0 Å². The highest BCUT2D eigenvalue weighted by molar-refractivity contribution is 6.04. The minimum atomic E-state index is -4.51. The molecule has 2 aromatic rings. The topological polar surface area (TPSA) is 47.6 Å². The van der Waals surface area contributed by atoms with E-state index in [2.05, 4.69) is 33.0 Å². The molecule has 1 amide bonds. The first-order valence-corrected chi connectivity index (χ1v) is 9.83. The molecule has 1 aliphatic heterocycles. The number of hydrogen-bond acceptors (Lipinski definition) is 3. The largest absolute Gasteiger partial charge is 0.416 e. The van der Waals surface area contributed by atoms with Gasteiger partial charge in [-0.3, -0.25) is 4.79 Å². The maximum atomic E-state index is 12.9. The molecule has 4 nitrogen and oxygen atoms in total. The standard InChI is InChI=1S/C23H26F3NO3/c1-14(2)19-22(3,4)13-29-21(30-19)16-8-6-10-18(12-16)27-20(28)15-7-5-9-17(11-15)23(24,25)26/h5-12,14,19,21H,13H2,1-4H3,(H,27,28)/t19-,21+/m1/s1. The number of carbonyl (C=O) groups excluding carboxylic acids is 1. The van der Waals surface area contributed by atoms with Gasteiger partial charge < -0.3 is 14.8 Å². The predicted octanol–water partition coefficient (Wildman–Crippen LogP) is 6.05. The van der Waals surface area contributed by atoms with Crippen molar-refractivity contribution in [2.24, 2.45) is 11.3 Å². The number of rotatable bonds is 4. The monoisotopic (exact) mass is 421 g/mol. The Morgan fingerprint density at radius 3 is 2.50 bits per heavy atom. The van der Waals surface area contributed by atoms with Gasteiger partial charge in [-0.2, -0.15) is 13.2 Å². The van der Waals surface area contributed by atoms with Gasteiger partial charge in [0.15, 0.2) is 6.29 Å². The highest BCUT2D eigenvalue weighted by Gasteiger charge is 2.40. The zero-order chi connectivity index (χ0) is 22.1. The SMILES string of the molecule is CC(C)[C@H]1O[C@@H](c2cccc(NC(=O)c3cccc(C(F)(F)F)c3)c2)OCC1(C)C. The predicted molar refractivity (Wildman–Crippen MR) is 108 cm³/mol. The number of anilines is 1. The molecule has 1 fully saturated rings. The van der Waals surface area contributed by atoms with E-state index in [1.165, 1.54) is 12.1 Å². The molecule has 162 valence electrons. The van der Waals surface area contributed by atoms with Crippen molar-refractivity contribution in [1.82, 2.24) is 0 Å². The zero-order valence-corrected chi connectivity index (χ0v) is 17.4. The highest BCUT2D eigenvalue weighted by Crippen LogP contribution is 2.40. The third kappa shape index (κ3) is 5.02. The lowest BCUT2D eigenvalue weighted by molar-refractivity contribution is -0.274. The van der Waals surface area contributed by atoms with Gasteiger partial charge in [-0.15, -0.1) is 0 Å². The Hall–Kier alpha value is -2.38. The summed E-state index contributed by atoms with van der Waals surface area (Å²) in [5.41, 5.74) is 0.128. The Morgan fingerprint density at radius 1 is 1.13 bits per heavy atom. The molecule has 0 bridgehead atoms. The molecule has 1 heterocycles. The number of ether oxygens (including phenoxy) is 2. The number of benzene rings is 2. The van der Waals surface area contributed by atoms with E-state index in [0.29, 0.717) is 18.2 Å². The summed E-state index contributed by atoms with van der Waals surface area (Å²) < 4.78 is 50.8. The van der Waals surface area contributed by atoms with E-state index in [-0.39, 0.29) is 17.1 Å². The first kappa shape index (κ1) is 22.3. The average Bonchev–Trinajstić information content (AvgIpc) is 2.67. The number of nitrogens with one attached hydrogen (secondary N) is 1. The Morgan fingerprint density at radius 2 is 1.83 bits per heavy atom. The summed E-state index contributed by atoms with van der Waals surface area (Å²) in [6.07, 6.45) is -5.08. The molecule has 0 saturated carbocycles. The molecule has 0 aliphatic carbocycles. The molecule has 1 aliphatic rings. The molecule has 1 N–H and O–H groups in total. The van der Waals surface area contributed by atoms with Crippen LogP contribution in [0.3, 0.4) is 0 Å². The molecule has 0 spiro atoms.